The molecule has 4 rings (SSSR count). The number of phenols is 1. The number of aromatic hydroxyl groups is 1. The number of aromatic nitrogens is 3. The number of phenolic OH excluding ortho intramolecular Hbond substituents is 1. The molecule has 2 aromatic carbocycles. The van der Waals surface area contributed by atoms with Gasteiger partial charge in [0.25, 0.3) is 0 Å². The Morgan fingerprint density at radius 1 is 0.837 bits per heavy atom. The van der Waals surface area contributed by atoms with Gasteiger partial charge in [0.15, 0.2) is 0 Å². The Morgan fingerprint density at radius 2 is 1.42 bits per heavy atom. The van der Waals surface area contributed by atoms with Crippen LogP contribution in [0.5, 0.6) is 5.75 Å². The Morgan fingerprint density at radius 3 is 1.93 bits per heavy atom. The second-order valence-corrected chi connectivity index (χ2v) is 16.4. The van der Waals surface area contributed by atoms with Crippen molar-refractivity contribution in [3.05, 3.63) is 70.5 Å². The lowest BCUT2D eigenvalue weighted by molar-refractivity contribution is 0.126. The Labute approximate surface area is 260 Å². The zero-order chi connectivity index (χ0) is 32.2. The molecule has 0 bridgehead atoms. The Kier molecular flexibility index (Phi) is 8.49. The fourth-order valence-electron chi connectivity index (χ4n) is 6.83. The molecule has 5 heteroatoms. The summed E-state index contributed by atoms with van der Waals surface area (Å²) in [4.78, 5) is 1.57. The van der Waals surface area contributed by atoms with Crippen LogP contribution in [0.15, 0.2) is 59.4 Å². The largest absolute Gasteiger partial charge is 0.508 e. The molecule has 1 aromatic heterocycles. The average molecular weight is 586 g/mol. The first-order valence-corrected chi connectivity index (χ1v) is 16.1. The van der Waals surface area contributed by atoms with Crippen LogP contribution in [0.2, 0.25) is 0 Å². The number of nitrogens with zero attached hydrogens (tertiary/aromatic N) is 3. The van der Waals surface area contributed by atoms with E-state index in [1.54, 1.807) is 4.80 Å². The van der Waals surface area contributed by atoms with Gasteiger partial charge >= 0.3 is 0 Å². The minimum atomic E-state index is -0.177. The van der Waals surface area contributed by atoms with Crippen LogP contribution in [0.3, 0.4) is 0 Å². The SMILES string of the molecule is CCC(C)(C)C1=CC(C)(C(C)(C)CC)CC(Cc2cc(C(C)(C)CC(C)(C)C)cc(-n3nc4ccccc4n3)c2O)=C1O. The van der Waals surface area contributed by atoms with Crippen LogP contribution in [-0.4, -0.2) is 25.2 Å². The van der Waals surface area contributed by atoms with E-state index >= 15 is 0 Å². The maximum atomic E-state index is 11.9. The van der Waals surface area contributed by atoms with Gasteiger partial charge in [0.2, 0.25) is 0 Å². The van der Waals surface area contributed by atoms with Crippen molar-refractivity contribution in [2.24, 2.45) is 21.7 Å². The highest BCUT2D eigenvalue weighted by Crippen LogP contribution is 2.54. The van der Waals surface area contributed by atoms with E-state index in [9.17, 15) is 10.2 Å². The molecule has 1 aliphatic carbocycles. The maximum Gasteiger partial charge on any atom is 0.146 e. The van der Waals surface area contributed by atoms with Gasteiger partial charge in [-0.05, 0) is 81.2 Å². The highest BCUT2D eigenvalue weighted by molar-refractivity contribution is 5.74. The van der Waals surface area contributed by atoms with Crippen LogP contribution in [-0.2, 0) is 11.8 Å². The summed E-state index contributed by atoms with van der Waals surface area (Å²) in [6, 6.07) is 12.0. The number of benzene rings is 2. The summed E-state index contributed by atoms with van der Waals surface area (Å²) in [5.74, 6) is 0.553. The molecular weight excluding hydrogens is 530 g/mol. The number of hydrogen-bond acceptors (Lipinski definition) is 4. The normalized spacial score (nSPS) is 18.8. The third kappa shape index (κ3) is 6.42. The zero-order valence-electron chi connectivity index (χ0n) is 28.8. The molecule has 0 aliphatic heterocycles. The molecule has 1 unspecified atom stereocenters. The van der Waals surface area contributed by atoms with Crippen molar-refractivity contribution in [1.82, 2.24) is 15.0 Å². The Hall–Kier alpha value is -3.08. The third-order valence-corrected chi connectivity index (χ3v) is 10.5. The standard InChI is InChI=1S/C38H55N3O2/c1-13-35(6,7)28-23-38(12,37(10,11)14-2)22-26(32(28)42)19-25-20-27(36(8,9)24-34(3,4)5)21-31(33(25)43)41-39-29-17-15-16-18-30(29)40-41/h15-18,20-21,23,42-43H,13-14,19,22,24H2,1-12H3. The van der Waals surface area contributed by atoms with E-state index in [-0.39, 0.29) is 32.8 Å². The molecular formula is C38H55N3O2. The molecule has 0 radical (unpaired) electrons. The van der Waals surface area contributed by atoms with Gasteiger partial charge in [0.05, 0.1) is 0 Å². The molecule has 0 spiro atoms. The van der Waals surface area contributed by atoms with E-state index in [1.165, 1.54) is 0 Å². The van der Waals surface area contributed by atoms with Gasteiger partial charge in [-0.3, -0.25) is 0 Å². The molecule has 0 saturated carbocycles. The topological polar surface area (TPSA) is 71.2 Å². The Balaban J connectivity index is 1.93. The lowest BCUT2D eigenvalue weighted by Gasteiger charge is -2.47. The monoisotopic (exact) mass is 585 g/mol. The van der Waals surface area contributed by atoms with Crippen molar-refractivity contribution in [1.29, 1.82) is 0 Å². The fraction of sp³-hybridized carbons (Fsp3) is 0.579. The van der Waals surface area contributed by atoms with E-state index in [2.05, 4.69) is 95.2 Å². The van der Waals surface area contributed by atoms with Gasteiger partial charge in [-0.25, -0.2) is 0 Å². The smallest absolute Gasteiger partial charge is 0.146 e. The first-order valence-electron chi connectivity index (χ1n) is 16.1. The predicted octanol–water partition coefficient (Wildman–Crippen LogP) is 10.4. The minimum absolute atomic E-state index is 0.0247. The van der Waals surface area contributed by atoms with Gasteiger partial charge in [-0.2, -0.15) is 0 Å². The number of fused-ring (bicyclic) bond motifs is 1. The van der Waals surface area contributed by atoms with Gasteiger partial charge < -0.3 is 10.2 Å². The summed E-state index contributed by atoms with van der Waals surface area (Å²) in [5, 5.41) is 33.3. The summed E-state index contributed by atoms with van der Waals surface area (Å²) in [7, 11) is 0. The maximum absolute atomic E-state index is 11.9. The highest BCUT2D eigenvalue weighted by Gasteiger charge is 2.44. The van der Waals surface area contributed by atoms with Crippen LogP contribution < -0.4 is 0 Å². The van der Waals surface area contributed by atoms with Gasteiger partial charge in [0, 0.05) is 12.0 Å². The zero-order valence-corrected chi connectivity index (χ0v) is 28.8. The summed E-state index contributed by atoms with van der Waals surface area (Å²) >= 11 is 0. The van der Waals surface area contributed by atoms with Crippen LogP contribution >= 0.6 is 0 Å². The van der Waals surface area contributed by atoms with Crippen LogP contribution in [0.4, 0.5) is 0 Å². The number of allylic oxidation sites excluding steroid dienone is 3. The average Bonchev–Trinajstić information content (AvgIpc) is 3.34. The van der Waals surface area contributed by atoms with E-state index < -0.39 is 0 Å². The van der Waals surface area contributed by atoms with Crippen molar-refractivity contribution in [2.45, 2.75) is 121 Å². The van der Waals surface area contributed by atoms with Crippen molar-refractivity contribution < 1.29 is 10.2 Å². The molecule has 5 nitrogen and oxygen atoms in total. The molecule has 0 fully saturated rings. The van der Waals surface area contributed by atoms with E-state index in [0.29, 0.717) is 17.9 Å². The van der Waals surface area contributed by atoms with Crippen molar-refractivity contribution >= 4 is 11.0 Å². The van der Waals surface area contributed by atoms with Crippen molar-refractivity contribution in [3.63, 3.8) is 0 Å². The minimum Gasteiger partial charge on any atom is -0.508 e. The fourth-order valence-corrected chi connectivity index (χ4v) is 6.83. The van der Waals surface area contributed by atoms with Crippen LogP contribution in [0.1, 0.15) is 120 Å². The van der Waals surface area contributed by atoms with Gasteiger partial charge in [-0.1, -0.05) is 114 Å². The van der Waals surface area contributed by atoms with Crippen molar-refractivity contribution in [2.75, 3.05) is 0 Å². The van der Waals surface area contributed by atoms with Crippen LogP contribution in [0, 0.1) is 21.7 Å². The van der Waals surface area contributed by atoms with E-state index in [0.717, 1.165) is 59.0 Å². The molecule has 2 N–H and O–H groups in total. The molecule has 1 aliphatic rings. The van der Waals surface area contributed by atoms with E-state index in [1.807, 2.05) is 30.3 Å². The molecule has 1 heterocycles. The molecule has 1 atom stereocenters. The molecule has 0 saturated heterocycles. The molecule has 3 aromatic rings. The first kappa shape index (κ1) is 32.8. The highest BCUT2D eigenvalue weighted by atomic mass is 16.3. The number of aliphatic hydroxyl groups is 1. The molecule has 234 valence electrons. The van der Waals surface area contributed by atoms with E-state index in [4.69, 9.17) is 10.2 Å². The summed E-state index contributed by atoms with van der Waals surface area (Å²) < 4.78 is 0. The predicted molar refractivity (Wildman–Crippen MR) is 180 cm³/mol. The summed E-state index contributed by atoms with van der Waals surface area (Å²) in [6.45, 7) is 27.2. The summed E-state index contributed by atoms with van der Waals surface area (Å²) in [6.07, 6.45) is 6.45. The number of rotatable bonds is 9. The second kappa shape index (κ2) is 11.1. The quantitative estimate of drug-likeness (QED) is 0.262. The summed E-state index contributed by atoms with van der Waals surface area (Å²) in [5.41, 5.74) is 5.71. The number of hydrogen-bond donors (Lipinski definition) is 2. The molecule has 43 heavy (non-hydrogen) atoms. The molecule has 0 amide bonds. The number of aliphatic hydroxyl groups excluding tert-OH is 1. The first-order chi connectivity index (χ1) is 19.7. The lowest BCUT2D eigenvalue weighted by atomic mass is 9.57. The van der Waals surface area contributed by atoms with Gasteiger partial charge in [0.1, 0.15) is 28.2 Å². The second-order valence-electron chi connectivity index (χ2n) is 16.4. The third-order valence-electron chi connectivity index (χ3n) is 10.5. The van der Waals surface area contributed by atoms with Crippen molar-refractivity contribution in [3.8, 4) is 11.4 Å². The van der Waals surface area contributed by atoms with Crippen LogP contribution in [0.25, 0.3) is 16.7 Å². The van der Waals surface area contributed by atoms with Gasteiger partial charge in [-0.15, -0.1) is 15.0 Å². The lowest BCUT2D eigenvalue weighted by Crippen LogP contribution is -2.38. The Bertz CT molecular complexity index is 1530.